The van der Waals surface area contributed by atoms with Gasteiger partial charge >= 0.3 is 0 Å². The highest BCUT2D eigenvalue weighted by Gasteiger charge is 2.06. The van der Waals surface area contributed by atoms with Crippen molar-refractivity contribution in [2.45, 2.75) is 25.0 Å². The van der Waals surface area contributed by atoms with Crippen molar-refractivity contribution in [3.8, 4) is 0 Å². The fourth-order valence-corrected chi connectivity index (χ4v) is 1.96. The van der Waals surface area contributed by atoms with Crippen LogP contribution in [0.3, 0.4) is 0 Å². The normalized spacial score (nSPS) is 10.6. The Bertz CT molecular complexity index is 428. The number of nitrogens with zero attached hydrogens (tertiary/aromatic N) is 2. The first-order valence-electron chi connectivity index (χ1n) is 5.37. The van der Waals surface area contributed by atoms with Gasteiger partial charge in [-0.15, -0.1) is 10.2 Å². The molecule has 0 aliphatic heterocycles. The molecule has 2 aromatic rings. The van der Waals surface area contributed by atoms with Gasteiger partial charge in [-0.1, -0.05) is 49.0 Å². The highest BCUT2D eigenvalue weighted by molar-refractivity contribution is 7.99. The molecule has 84 valence electrons. The van der Waals surface area contributed by atoms with Crippen molar-refractivity contribution in [1.29, 1.82) is 0 Å². The van der Waals surface area contributed by atoms with Gasteiger partial charge in [0.1, 0.15) is 0 Å². The topological polar surface area (TPSA) is 38.9 Å². The van der Waals surface area contributed by atoms with E-state index in [9.17, 15) is 0 Å². The third-order valence-corrected chi connectivity index (χ3v) is 3.10. The van der Waals surface area contributed by atoms with Crippen molar-refractivity contribution < 1.29 is 4.42 Å². The van der Waals surface area contributed by atoms with Crippen LogP contribution in [0.5, 0.6) is 0 Å². The molecule has 0 saturated carbocycles. The van der Waals surface area contributed by atoms with Gasteiger partial charge in [-0.05, 0) is 12.0 Å². The Hall–Kier alpha value is -1.29. The number of thioether (sulfide) groups is 1. The highest BCUT2D eigenvalue weighted by Crippen LogP contribution is 2.18. The van der Waals surface area contributed by atoms with E-state index in [1.54, 1.807) is 11.8 Å². The molecule has 0 saturated heterocycles. The lowest BCUT2D eigenvalue weighted by Crippen LogP contribution is -1.87. The second-order valence-electron chi connectivity index (χ2n) is 3.47. The maximum Gasteiger partial charge on any atom is 0.276 e. The molecule has 1 aromatic carbocycles. The lowest BCUT2D eigenvalue weighted by Gasteiger charge is -1.94. The van der Waals surface area contributed by atoms with E-state index >= 15 is 0 Å². The summed E-state index contributed by atoms with van der Waals surface area (Å²) in [5.41, 5.74) is 1.19. The second kappa shape index (κ2) is 5.70. The first-order chi connectivity index (χ1) is 7.88. The fraction of sp³-hybridized carbons (Fsp3) is 0.333. The summed E-state index contributed by atoms with van der Waals surface area (Å²) in [6.45, 7) is 2.13. The predicted octanol–water partition coefficient (Wildman–Crippen LogP) is 3.16. The minimum atomic E-state index is 0.674. The summed E-state index contributed by atoms with van der Waals surface area (Å²) in [6, 6.07) is 10.1. The molecule has 1 aromatic heterocycles. The Balaban J connectivity index is 1.97. The lowest BCUT2D eigenvalue weighted by atomic mass is 10.2. The molecular formula is C12H14N2OS. The van der Waals surface area contributed by atoms with E-state index in [1.165, 1.54) is 5.56 Å². The molecule has 0 radical (unpaired) electrons. The number of hydrogen-bond acceptors (Lipinski definition) is 4. The van der Waals surface area contributed by atoms with Crippen molar-refractivity contribution >= 4 is 11.8 Å². The molecule has 1 heterocycles. The van der Waals surface area contributed by atoms with Gasteiger partial charge in [-0.25, -0.2) is 0 Å². The van der Waals surface area contributed by atoms with E-state index in [0.29, 0.717) is 17.5 Å². The van der Waals surface area contributed by atoms with Crippen LogP contribution in [0, 0.1) is 0 Å². The van der Waals surface area contributed by atoms with Crippen LogP contribution in [0.2, 0.25) is 0 Å². The maximum atomic E-state index is 5.53. The Kier molecular flexibility index (Phi) is 3.99. The van der Waals surface area contributed by atoms with E-state index in [0.717, 1.165) is 12.2 Å². The van der Waals surface area contributed by atoms with Gasteiger partial charge in [0, 0.05) is 5.75 Å². The van der Waals surface area contributed by atoms with Crippen molar-refractivity contribution in [3.63, 3.8) is 0 Å². The average molecular weight is 234 g/mol. The first-order valence-corrected chi connectivity index (χ1v) is 6.36. The molecule has 2 rings (SSSR count). The SMILES string of the molecule is CCCSc1nnc(Cc2ccccc2)o1. The van der Waals surface area contributed by atoms with Crippen LogP contribution in [-0.4, -0.2) is 16.0 Å². The van der Waals surface area contributed by atoms with Crippen LogP contribution in [0.25, 0.3) is 0 Å². The Morgan fingerprint density at radius 1 is 1.19 bits per heavy atom. The monoisotopic (exact) mass is 234 g/mol. The molecule has 0 fully saturated rings. The summed E-state index contributed by atoms with van der Waals surface area (Å²) in [5, 5.41) is 8.70. The van der Waals surface area contributed by atoms with E-state index < -0.39 is 0 Å². The summed E-state index contributed by atoms with van der Waals surface area (Å²) in [6.07, 6.45) is 1.82. The van der Waals surface area contributed by atoms with Crippen LogP contribution < -0.4 is 0 Å². The molecule has 0 aliphatic carbocycles. The molecule has 0 amide bonds. The summed E-state index contributed by atoms with van der Waals surface area (Å²) < 4.78 is 5.53. The number of rotatable bonds is 5. The maximum absolute atomic E-state index is 5.53. The van der Waals surface area contributed by atoms with Crippen molar-refractivity contribution in [2.24, 2.45) is 0 Å². The largest absolute Gasteiger partial charge is 0.416 e. The first kappa shape index (κ1) is 11.2. The fourth-order valence-electron chi connectivity index (χ4n) is 1.33. The van der Waals surface area contributed by atoms with Gasteiger partial charge in [-0.3, -0.25) is 0 Å². The molecular weight excluding hydrogens is 220 g/mol. The highest BCUT2D eigenvalue weighted by atomic mass is 32.2. The Morgan fingerprint density at radius 3 is 2.75 bits per heavy atom. The van der Waals surface area contributed by atoms with Crippen LogP contribution >= 0.6 is 11.8 Å². The molecule has 0 unspecified atom stereocenters. The Morgan fingerprint density at radius 2 is 2.00 bits per heavy atom. The van der Waals surface area contributed by atoms with Gasteiger partial charge in [-0.2, -0.15) is 0 Å². The zero-order chi connectivity index (χ0) is 11.2. The van der Waals surface area contributed by atoms with Gasteiger partial charge in [0.05, 0.1) is 6.42 Å². The Labute approximate surface area is 99.3 Å². The van der Waals surface area contributed by atoms with Gasteiger partial charge < -0.3 is 4.42 Å². The minimum Gasteiger partial charge on any atom is -0.416 e. The molecule has 16 heavy (non-hydrogen) atoms. The predicted molar refractivity (Wildman–Crippen MR) is 64.6 cm³/mol. The number of benzene rings is 1. The van der Waals surface area contributed by atoms with Crippen LogP contribution in [0.4, 0.5) is 0 Å². The van der Waals surface area contributed by atoms with Gasteiger partial charge in [0.2, 0.25) is 5.89 Å². The van der Waals surface area contributed by atoms with Crippen LogP contribution in [-0.2, 0) is 6.42 Å². The van der Waals surface area contributed by atoms with E-state index in [1.807, 2.05) is 18.2 Å². The number of aromatic nitrogens is 2. The molecule has 0 atom stereocenters. The van der Waals surface area contributed by atoms with Crippen LogP contribution in [0.1, 0.15) is 24.8 Å². The summed E-state index contributed by atoms with van der Waals surface area (Å²) >= 11 is 1.61. The average Bonchev–Trinajstić information content (AvgIpc) is 2.75. The molecule has 0 bridgehead atoms. The number of hydrogen-bond donors (Lipinski definition) is 0. The zero-order valence-electron chi connectivity index (χ0n) is 9.22. The minimum absolute atomic E-state index is 0.674. The van der Waals surface area contributed by atoms with E-state index in [4.69, 9.17) is 4.42 Å². The standard InChI is InChI=1S/C12H14N2OS/c1-2-8-16-12-14-13-11(15-12)9-10-6-4-3-5-7-10/h3-7H,2,8-9H2,1H3. The van der Waals surface area contributed by atoms with Crippen LogP contribution in [0.15, 0.2) is 40.0 Å². The van der Waals surface area contributed by atoms with Crippen molar-refractivity contribution in [2.75, 3.05) is 5.75 Å². The van der Waals surface area contributed by atoms with E-state index in [-0.39, 0.29) is 0 Å². The molecule has 3 nitrogen and oxygen atoms in total. The lowest BCUT2D eigenvalue weighted by molar-refractivity contribution is 0.420. The summed E-state index contributed by atoms with van der Waals surface area (Å²) in [5.74, 6) is 1.71. The van der Waals surface area contributed by atoms with Crippen molar-refractivity contribution in [3.05, 3.63) is 41.8 Å². The smallest absolute Gasteiger partial charge is 0.276 e. The molecule has 4 heteroatoms. The van der Waals surface area contributed by atoms with Gasteiger partial charge in [0.15, 0.2) is 0 Å². The van der Waals surface area contributed by atoms with E-state index in [2.05, 4.69) is 29.3 Å². The molecule has 0 spiro atoms. The molecule has 0 N–H and O–H groups in total. The summed E-state index contributed by atoms with van der Waals surface area (Å²) in [4.78, 5) is 0. The second-order valence-corrected chi connectivity index (χ2v) is 4.52. The summed E-state index contributed by atoms with van der Waals surface area (Å²) in [7, 11) is 0. The third-order valence-electron chi connectivity index (χ3n) is 2.08. The van der Waals surface area contributed by atoms with Crippen molar-refractivity contribution in [1.82, 2.24) is 10.2 Å². The third kappa shape index (κ3) is 3.10. The van der Waals surface area contributed by atoms with Gasteiger partial charge in [0.25, 0.3) is 5.22 Å². The quantitative estimate of drug-likeness (QED) is 0.745. The molecule has 0 aliphatic rings. The zero-order valence-corrected chi connectivity index (χ0v) is 10.0.